The molecule has 0 spiro atoms. The Labute approximate surface area is 125 Å². The maximum atomic E-state index is 12.9. The smallest absolute Gasteiger partial charge is 0.255 e. The molecule has 3 rings (SSSR count). The summed E-state index contributed by atoms with van der Waals surface area (Å²) in [5.74, 6) is -0.323. The van der Waals surface area contributed by atoms with Gasteiger partial charge < -0.3 is 0 Å². The highest BCUT2D eigenvalue weighted by atomic mass is 32.1. The van der Waals surface area contributed by atoms with Crippen LogP contribution in [0, 0.1) is 5.82 Å². The van der Waals surface area contributed by atoms with Gasteiger partial charge in [-0.3, -0.25) is 4.79 Å². The highest BCUT2D eigenvalue weighted by Crippen LogP contribution is 2.27. The predicted molar refractivity (Wildman–Crippen MR) is 80.5 cm³/mol. The van der Waals surface area contributed by atoms with Crippen LogP contribution in [-0.4, -0.2) is 8.52 Å². The van der Waals surface area contributed by atoms with E-state index < -0.39 is 0 Å². The van der Waals surface area contributed by atoms with E-state index in [1.807, 2.05) is 0 Å². The molecule has 0 radical (unpaired) electrons. The van der Waals surface area contributed by atoms with Gasteiger partial charge in [-0.2, -0.15) is 0 Å². The molecular formula is C15H17FN2O2S. The molecule has 0 N–H and O–H groups in total. The molecule has 1 aliphatic carbocycles. The summed E-state index contributed by atoms with van der Waals surface area (Å²) in [6.45, 7) is 0.203. The quantitative estimate of drug-likeness (QED) is 0.875. The van der Waals surface area contributed by atoms with Crippen molar-refractivity contribution in [3.8, 4) is 0 Å². The molecule has 1 aliphatic rings. The number of hydrogen-bond donors (Lipinski definition) is 0. The first-order valence-corrected chi connectivity index (χ1v) is 7.99. The molecule has 2 aromatic rings. The van der Waals surface area contributed by atoms with Gasteiger partial charge in [0.05, 0.1) is 6.54 Å². The van der Waals surface area contributed by atoms with Crippen LogP contribution in [0.25, 0.3) is 0 Å². The van der Waals surface area contributed by atoms with Crippen LogP contribution >= 0.6 is 11.5 Å². The van der Waals surface area contributed by atoms with Crippen molar-refractivity contribution < 1.29 is 4.39 Å². The van der Waals surface area contributed by atoms with Crippen LogP contribution in [0.2, 0.25) is 0 Å². The number of benzene rings is 1. The van der Waals surface area contributed by atoms with E-state index in [2.05, 4.69) is 0 Å². The molecule has 112 valence electrons. The van der Waals surface area contributed by atoms with E-state index >= 15 is 0 Å². The van der Waals surface area contributed by atoms with Gasteiger partial charge >= 0.3 is 10.6 Å². The van der Waals surface area contributed by atoms with Crippen LogP contribution in [0.1, 0.15) is 43.7 Å². The molecule has 0 aliphatic heterocycles. The second-order valence-electron chi connectivity index (χ2n) is 5.47. The van der Waals surface area contributed by atoms with E-state index in [1.54, 1.807) is 16.1 Å². The highest BCUT2D eigenvalue weighted by Gasteiger charge is 2.20. The normalized spacial score (nSPS) is 16.2. The molecular weight excluding hydrogens is 291 g/mol. The third kappa shape index (κ3) is 3.00. The molecule has 0 bridgehead atoms. The number of nitrogens with zero attached hydrogens (tertiary/aromatic N) is 2. The largest absolute Gasteiger partial charge is 0.341 e. The summed E-state index contributed by atoms with van der Waals surface area (Å²) in [6.07, 6.45) is 5.37. The van der Waals surface area contributed by atoms with Crippen molar-refractivity contribution in [3.05, 3.63) is 55.8 Å². The van der Waals surface area contributed by atoms with E-state index in [1.165, 1.54) is 23.1 Å². The average molecular weight is 308 g/mol. The monoisotopic (exact) mass is 308 g/mol. The Balaban J connectivity index is 1.89. The van der Waals surface area contributed by atoms with Crippen molar-refractivity contribution in [2.45, 2.75) is 44.7 Å². The van der Waals surface area contributed by atoms with E-state index in [9.17, 15) is 14.0 Å². The number of halogens is 1. The van der Waals surface area contributed by atoms with Gasteiger partial charge in [-0.15, -0.1) is 0 Å². The van der Waals surface area contributed by atoms with Crippen molar-refractivity contribution >= 4 is 11.5 Å². The molecule has 0 amide bonds. The van der Waals surface area contributed by atoms with Crippen LogP contribution < -0.4 is 10.6 Å². The summed E-state index contributed by atoms with van der Waals surface area (Å²) in [5.41, 5.74) is 0.519. The fourth-order valence-corrected chi connectivity index (χ4v) is 3.77. The standard InChI is InChI=1S/C15H17FN2O2S/c16-12-8-6-11(7-9-12)10-17-14(19)18(21-15(17)20)13-4-2-1-3-5-13/h6-9,13H,1-5,10H2. The van der Waals surface area contributed by atoms with E-state index in [0.29, 0.717) is 0 Å². The third-order valence-electron chi connectivity index (χ3n) is 3.98. The zero-order chi connectivity index (χ0) is 14.8. The topological polar surface area (TPSA) is 44.0 Å². The summed E-state index contributed by atoms with van der Waals surface area (Å²) in [6, 6.07) is 6.05. The Morgan fingerprint density at radius 1 is 1.10 bits per heavy atom. The van der Waals surface area contributed by atoms with E-state index in [4.69, 9.17) is 0 Å². The number of aromatic nitrogens is 2. The van der Waals surface area contributed by atoms with Crippen LogP contribution in [-0.2, 0) is 6.54 Å². The Hall–Kier alpha value is -1.69. The number of rotatable bonds is 3. The predicted octanol–water partition coefficient (Wildman–Crippen LogP) is 2.76. The molecule has 0 saturated heterocycles. The Morgan fingerprint density at radius 2 is 1.76 bits per heavy atom. The van der Waals surface area contributed by atoms with Crippen molar-refractivity contribution in [1.82, 2.24) is 8.52 Å². The lowest BCUT2D eigenvalue weighted by Gasteiger charge is -2.20. The second kappa shape index (κ2) is 5.97. The maximum absolute atomic E-state index is 12.9. The molecule has 1 aromatic heterocycles. The first kappa shape index (κ1) is 14.3. The van der Waals surface area contributed by atoms with Crippen LogP contribution in [0.4, 0.5) is 4.39 Å². The first-order valence-electron chi connectivity index (χ1n) is 7.22. The van der Waals surface area contributed by atoms with Crippen molar-refractivity contribution in [3.63, 3.8) is 0 Å². The Bertz CT molecular complexity index is 723. The molecule has 0 atom stereocenters. The molecule has 1 fully saturated rings. The van der Waals surface area contributed by atoms with Gasteiger partial charge in [0.15, 0.2) is 0 Å². The molecule has 1 saturated carbocycles. The zero-order valence-electron chi connectivity index (χ0n) is 11.6. The van der Waals surface area contributed by atoms with E-state index in [-0.39, 0.29) is 29.0 Å². The minimum Gasteiger partial charge on any atom is -0.255 e. The van der Waals surface area contributed by atoms with Gasteiger partial charge in [-0.05, 0) is 30.5 Å². The lowest BCUT2D eigenvalue weighted by Crippen LogP contribution is -2.31. The van der Waals surface area contributed by atoms with Gasteiger partial charge in [-0.1, -0.05) is 31.4 Å². The summed E-state index contributed by atoms with van der Waals surface area (Å²) in [5, 5.41) is 0. The van der Waals surface area contributed by atoms with Crippen LogP contribution in [0.3, 0.4) is 0 Å². The SMILES string of the molecule is O=c1sn(C2CCCCC2)c(=O)n1Cc1ccc(F)cc1. The second-order valence-corrected chi connectivity index (χ2v) is 6.40. The molecule has 21 heavy (non-hydrogen) atoms. The summed E-state index contributed by atoms with van der Waals surface area (Å²) in [7, 11) is 0. The van der Waals surface area contributed by atoms with Gasteiger partial charge in [0.25, 0.3) is 0 Å². The maximum Gasteiger partial charge on any atom is 0.341 e. The number of hydrogen-bond acceptors (Lipinski definition) is 3. The molecule has 0 unspecified atom stereocenters. The summed E-state index contributed by atoms with van der Waals surface area (Å²) in [4.78, 5) is 24.2. The highest BCUT2D eigenvalue weighted by molar-refractivity contribution is 7.03. The zero-order valence-corrected chi connectivity index (χ0v) is 12.4. The van der Waals surface area contributed by atoms with Gasteiger partial charge in [0, 0.05) is 17.6 Å². The third-order valence-corrected chi connectivity index (χ3v) is 5.00. The summed E-state index contributed by atoms with van der Waals surface area (Å²) < 4.78 is 15.8. The van der Waals surface area contributed by atoms with E-state index in [0.717, 1.165) is 42.8 Å². The molecule has 4 nitrogen and oxygen atoms in total. The van der Waals surface area contributed by atoms with Gasteiger partial charge in [0.1, 0.15) is 5.82 Å². The fourth-order valence-electron chi connectivity index (χ4n) is 2.82. The Morgan fingerprint density at radius 3 is 2.43 bits per heavy atom. The van der Waals surface area contributed by atoms with Crippen LogP contribution in [0.5, 0.6) is 0 Å². The average Bonchev–Trinajstić information content (AvgIpc) is 2.78. The first-order chi connectivity index (χ1) is 10.1. The minimum absolute atomic E-state index is 0.165. The molecule has 1 aromatic carbocycles. The lowest BCUT2D eigenvalue weighted by atomic mass is 9.96. The summed E-state index contributed by atoms with van der Waals surface area (Å²) >= 11 is 1.01. The van der Waals surface area contributed by atoms with Crippen molar-refractivity contribution in [1.29, 1.82) is 0 Å². The van der Waals surface area contributed by atoms with Gasteiger partial charge in [0.2, 0.25) is 0 Å². The van der Waals surface area contributed by atoms with Gasteiger partial charge in [-0.25, -0.2) is 17.7 Å². The van der Waals surface area contributed by atoms with Crippen molar-refractivity contribution in [2.75, 3.05) is 0 Å². The van der Waals surface area contributed by atoms with Crippen LogP contribution in [0.15, 0.2) is 33.9 Å². The van der Waals surface area contributed by atoms with Crippen molar-refractivity contribution in [2.24, 2.45) is 0 Å². The Kier molecular flexibility index (Phi) is 4.05. The molecule has 6 heteroatoms. The molecule has 1 heterocycles. The minimum atomic E-state index is -0.323. The fraction of sp³-hybridized carbons (Fsp3) is 0.467. The lowest BCUT2D eigenvalue weighted by molar-refractivity contribution is 0.359.